The Labute approximate surface area is 188 Å². The number of benzene rings is 1. The molecule has 0 fully saturated rings. The molecule has 0 saturated carbocycles. The number of aromatic nitrogens is 2. The van der Waals surface area contributed by atoms with Crippen molar-refractivity contribution in [3.63, 3.8) is 0 Å². The normalized spacial score (nSPS) is 15.7. The standard InChI is InChI=1S/C21H25F2N5O5/c1-27-16(11-15(26-27)19(22)23)21(31)28-8-3-6-25-20(30)14-5-4-13(32-2)10-17(14)33-9-7-24-18(29)12-28/h4-5,10-11,19H,3,6-9,12H2,1-2H3,(H,24,29)(H,25,30). The van der Waals surface area contributed by atoms with Crippen molar-refractivity contribution in [1.29, 1.82) is 0 Å². The Balaban J connectivity index is 1.76. The van der Waals surface area contributed by atoms with Crippen LogP contribution in [0.3, 0.4) is 0 Å². The Hall–Kier alpha value is -3.70. The quantitative estimate of drug-likeness (QED) is 0.703. The van der Waals surface area contributed by atoms with Gasteiger partial charge in [0.1, 0.15) is 29.5 Å². The maximum atomic E-state index is 13.0. The van der Waals surface area contributed by atoms with Crippen molar-refractivity contribution < 1.29 is 32.6 Å². The van der Waals surface area contributed by atoms with E-state index in [2.05, 4.69) is 15.7 Å². The van der Waals surface area contributed by atoms with Gasteiger partial charge < -0.3 is 25.0 Å². The predicted octanol–water partition coefficient (Wildman–Crippen LogP) is 1.14. The van der Waals surface area contributed by atoms with Crippen LogP contribution in [0.25, 0.3) is 0 Å². The average molecular weight is 465 g/mol. The first-order valence-electron chi connectivity index (χ1n) is 10.3. The van der Waals surface area contributed by atoms with Gasteiger partial charge in [-0.3, -0.25) is 19.1 Å². The van der Waals surface area contributed by atoms with Gasteiger partial charge in [0.2, 0.25) is 5.91 Å². The number of hydrogen-bond acceptors (Lipinski definition) is 6. The first-order chi connectivity index (χ1) is 15.8. The van der Waals surface area contributed by atoms with Gasteiger partial charge in [0, 0.05) is 26.2 Å². The summed E-state index contributed by atoms with van der Waals surface area (Å²) in [7, 11) is 2.88. The van der Waals surface area contributed by atoms with Crippen LogP contribution >= 0.6 is 0 Å². The summed E-state index contributed by atoms with van der Waals surface area (Å²) >= 11 is 0. The Bertz CT molecular complexity index is 1030. The van der Waals surface area contributed by atoms with Gasteiger partial charge in [0.15, 0.2) is 0 Å². The van der Waals surface area contributed by atoms with E-state index in [9.17, 15) is 23.2 Å². The second-order valence-electron chi connectivity index (χ2n) is 7.28. The molecule has 1 aliphatic rings. The van der Waals surface area contributed by atoms with Crippen molar-refractivity contribution in [2.45, 2.75) is 12.8 Å². The van der Waals surface area contributed by atoms with Gasteiger partial charge >= 0.3 is 0 Å². The van der Waals surface area contributed by atoms with Crippen LogP contribution in [0.1, 0.15) is 39.4 Å². The molecule has 178 valence electrons. The van der Waals surface area contributed by atoms with Crippen molar-refractivity contribution in [2.75, 3.05) is 39.9 Å². The molecule has 2 N–H and O–H groups in total. The third kappa shape index (κ3) is 5.96. The summed E-state index contributed by atoms with van der Waals surface area (Å²) in [6.07, 6.45) is -2.49. The smallest absolute Gasteiger partial charge is 0.282 e. The van der Waals surface area contributed by atoms with Gasteiger partial charge in [-0.1, -0.05) is 0 Å². The molecule has 0 aliphatic carbocycles. The lowest BCUT2D eigenvalue weighted by molar-refractivity contribution is -0.121. The van der Waals surface area contributed by atoms with E-state index in [4.69, 9.17) is 9.47 Å². The number of nitrogens with zero attached hydrogens (tertiary/aromatic N) is 3. The molecular weight excluding hydrogens is 440 g/mol. The third-order valence-corrected chi connectivity index (χ3v) is 4.97. The lowest BCUT2D eigenvalue weighted by atomic mass is 10.1. The predicted molar refractivity (Wildman–Crippen MR) is 113 cm³/mol. The minimum Gasteiger partial charge on any atom is -0.497 e. The highest BCUT2D eigenvalue weighted by Gasteiger charge is 2.25. The zero-order chi connectivity index (χ0) is 24.0. The maximum absolute atomic E-state index is 13.0. The number of hydrogen-bond donors (Lipinski definition) is 2. The fourth-order valence-corrected chi connectivity index (χ4v) is 3.30. The zero-order valence-corrected chi connectivity index (χ0v) is 18.3. The first kappa shape index (κ1) is 24.0. The number of amides is 3. The third-order valence-electron chi connectivity index (χ3n) is 4.97. The molecule has 1 aromatic carbocycles. The minimum absolute atomic E-state index is 0.0607. The first-order valence-corrected chi connectivity index (χ1v) is 10.3. The van der Waals surface area contributed by atoms with Crippen LogP contribution < -0.4 is 20.1 Å². The highest BCUT2D eigenvalue weighted by molar-refractivity contribution is 5.97. The van der Waals surface area contributed by atoms with Crippen molar-refractivity contribution in [3.05, 3.63) is 41.2 Å². The molecule has 33 heavy (non-hydrogen) atoms. The van der Waals surface area contributed by atoms with E-state index >= 15 is 0 Å². The Morgan fingerprint density at radius 3 is 2.70 bits per heavy atom. The number of ether oxygens (including phenoxy) is 2. The van der Waals surface area contributed by atoms with Gasteiger partial charge in [-0.05, 0) is 24.6 Å². The molecule has 2 heterocycles. The van der Waals surface area contributed by atoms with Crippen LogP contribution in [0.5, 0.6) is 11.5 Å². The van der Waals surface area contributed by atoms with Gasteiger partial charge in [-0.15, -0.1) is 0 Å². The molecule has 0 unspecified atom stereocenters. The molecule has 10 nitrogen and oxygen atoms in total. The van der Waals surface area contributed by atoms with E-state index in [-0.39, 0.29) is 44.4 Å². The summed E-state index contributed by atoms with van der Waals surface area (Å²) in [4.78, 5) is 39.2. The Morgan fingerprint density at radius 1 is 1.21 bits per heavy atom. The van der Waals surface area contributed by atoms with Crippen LogP contribution in [-0.4, -0.2) is 72.3 Å². The van der Waals surface area contributed by atoms with Crippen molar-refractivity contribution >= 4 is 17.7 Å². The molecule has 3 rings (SSSR count). The second-order valence-corrected chi connectivity index (χ2v) is 7.28. The lowest BCUT2D eigenvalue weighted by Gasteiger charge is -2.23. The monoisotopic (exact) mass is 465 g/mol. The summed E-state index contributed by atoms with van der Waals surface area (Å²) in [6, 6.07) is 5.81. The second kappa shape index (κ2) is 10.7. The highest BCUT2D eigenvalue weighted by atomic mass is 19.3. The van der Waals surface area contributed by atoms with E-state index in [1.54, 1.807) is 18.2 Å². The molecule has 0 atom stereocenters. The number of carbonyl (C=O) groups excluding carboxylic acids is 3. The Kier molecular flexibility index (Phi) is 7.80. The van der Waals surface area contributed by atoms with E-state index in [0.29, 0.717) is 23.5 Å². The van der Waals surface area contributed by atoms with Gasteiger partial charge in [0.25, 0.3) is 18.2 Å². The molecular formula is C21H25F2N5O5. The molecule has 1 aromatic heterocycles. The largest absolute Gasteiger partial charge is 0.497 e. The van der Waals surface area contributed by atoms with Crippen molar-refractivity contribution in [1.82, 2.24) is 25.3 Å². The molecule has 2 aromatic rings. The van der Waals surface area contributed by atoms with E-state index in [1.807, 2.05) is 0 Å². The van der Waals surface area contributed by atoms with Crippen LogP contribution in [-0.2, 0) is 11.8 Å². The van der Waals surface area contributed by atoms with Crippen molar-refractivity contribution in [3.8, 4) is 11.5 Å². The summed E-state index contributed by atoms with van der Waals surface area (Å²) in [5.74, 6) is -0.568. The molecule has 0 saturated heterocycles. The molecule has 12 heteroatoms. The summed E-state index contributed by atoms with van der Waals surface area (Å²) in [5.41, 5.74) is -0.275. The van der Waals surface area contributed by atoms with E-state index in [1.165, 1.54) is 19.1 Å². The number of fused-ring (bicyclic) bond motifs is 1. The highest BCUT2D eigenvalue weighted by Crippen LogP contribution is 2.25. The number of halogens is 2. The van der Waals surface area contributed by atoms with Gasteiger partial charge in [0.05, 0.1) is 25.8 Å². The number of carbonyl (C=O) groups is 3. The van der Waals surface area contributed by atoms with Crippen LogP contribution in [0, 0.1) is 0 Å². The number of alkyl halides is 2. The van der Waals surface area contributed by atoms with Crippen LogP contribution in [0.15, 0.2) is 24.3 Å². The van der Waals surface area contributed by atoms with E-state index in [0.717, 1.165) is 10.7 Å². The van der Waals surface area contributed by atoms with Crippen molar-refractivity contribution in [2.24, 2.45) is 7.05 Å². The van der Waals surface area contributed by atoms with Gasteiger partial charge in [-0.2, -0.15) is 5.10 Å². The lowest BCUT2D eigenvalue weighted by Crippen LogP contribution is -2.43. The molecule has 3 amide bonds. The number of rotatable bonds is 3. The molecule has 0 spiro atoms. The zero-order valence-electron chi connectivity index (χ0n) is 18.3. The number of aryl methyl sites for hydroxylation is 1. The number of nitrogens with one attached hydrogen (secondary N) is 2. The number of methoxy groups -OCH3 is 1. The summed E-state index contributed by atoms with van der Waals surface area (Å²) < 4.78 is 37.8. The summed E-state index contributed by atoms with van der Waals surface area (Å²) in [5, 5.41) is 9.06. The van der Waals surface area contributed by atoms with Crippen LogP contribution in [0.2, 0.25) is 0 Å². The topological polar surface area (TPSA) is 115 Å². The SMILES string of the molecule is COc1ccc2c(c1)OCCNC(=O)CN(C(=O)c1cc(C(F)F)nn1C)CCCNC2=O. The fraction of sp³-hybridized carbons (Fsp3) is 0.429. The van der Waals surface area contributed by atoms with Gasteiger partial charge in [-0.25, -0.2) is 8.78 Å². The minimum atomic E-state index is -2.82. The Morgan fingerprint density at radius 2 is 2.00 bits per heavy atom. The summed E-state index contributed by atoms with van der Waals surface area (Å²) in [6.45, 7) is 0.246. The van der Waals surface area contributed by atoms with E-state index < -0.39 is 23.9 Å². The molecule has 1 aliphatic heterocycles. The van der Waals surface area contributed by atoms with Crippen LogP contribution in [0.4, 0.5) is 8.78 Å². The maximum Gasteiger partial charge on any atom is 0.282 e. The molecule has 0 bridgehead atoms. The average Bonchev–Trinajstić information content (AvgIpc) is 3.19. The molecule has 0 radical (unpaired) electrons. The fourth-order valence-electron chi connectivity index (χ4n) is 3.30.